The van der Waals surface area contributed by atoms with Gasteiger partial charge in [0.1, 0.15) is 0 Å². The summed E-state index contributed by atoms with van der Waals surface area (Å²) in [5, 5.41) is 10.5. The minimum Gasteiger partial charge on any atom is -0.259 e. The third kappa shape index (κ3) is 5.17. The molecule has 0 aliphatic rings. The molecule has 3 nitrogen and oxygen atoms in total. The summed E-state index contributed by atoms with van der Waals surface area (Å²) in [6, 6.07) is 0. The van der Waals surface area contributed by atoms with Gasteiger partial charge in [0.2, 0.25) is 5.70 Å². The number of nitrogens with zero attached hydrogens (tertiary/aromatic N) is 1. The largest absolute Gasteiger partial charge is 0.259 e. The zero-order valence-electron chi connectivity index (χ0n) is 8.65. The maximum Gasteiger partial charge on any atom is 0.248 e. The van der Waals surface area contributed by atoms with Gasteiger partial charge in [0.05, 0.1) is 4.92 Å². The second-order valence-corrected chi connectivity index (χ2v) is 3.63. The Hall–Kier alpha value is -1.12. The van der Waals surface area contributed by atoms with Gasteiger partial charge >= 0.3 is 0 Å². The van der Waals surface area contributed by atoms with E-state index in [4.69, 9.17) is 0 Å². The van der Waals surface area contributed by atoms with Crippen molar-refractivity contribution in [3.8, 4) is 0 Å². The van der Waals surface area contributed by atoms with Crippen LogP contribution >= 0.6 is 0 Å². The molecular weight excluding hydrogens is 166 g/mol. The van der Waals surface area contributed by atoms with Crippen LogP contribution in [-0.4, -0.2) is 4.92 Å². The highest BCUT2D eigenvalue weighted by atomic mass is 16.6. The van der Waals surface area contributed by atoms with Crippen molar-refractivity contribution >= 4 is 0 Å². The molecule has 0 aliphatic carbocycles. The summed E-state index contributed by atoms with van der Waals surface area (Å²) in [6.45, 7) is 7.70. The first-order valence-electron chi connectivity index (χ1n) is 4.48. The van der Waals surface area contributed by atoms with Crippen molar-refractivity contribution in [1.29, 1.82) is 0 Å². The van der Waals surface area contributed by atoms with Gasteiger partial charge < -0.3 is 0 Å². The number of nitro groups is 1. The van der Waals surface area contributed by atoms with Gasteiger partial charge in [0, 0.05) is 12.0 Å². The van der Waals surface area contributed by atoms with Crippen molar-refractivity contribution in [1.82, 2.24) is 0 Å². The van der Waals surface area contributed by atoms with Crippen LogP contribution in [0.2, 0.25) is 0 Å². The van der Waals surface area contributed by atoms with E-state index in [1.165, 1.54) is 0 Å². The first-order chi connectivity index (χ1) is 5.95. The fourth-order valence-electron chi connectivity index (χ4n) is 0.840. The lowest BCUT2D eigenvalue weighted by Crippen LogP contribution is -2.04. The maximum absolute atomic E-state index is 10.5. The molecule has 0 aromatic carbocycles. The summed E-state index contributed by atoms with van der Waals surface area (Å²) in [6.07, 6.45) is 5.26. The number of hydrogen-bond donors (Lipinski definition) is 0. The molecule has 0 saturated heterocycles. The summed E-state index contributed by atoms with van der Waals surface area (Å²) < 4.78 is 0. The molecule has 0 fully saturated rings. The minimum atomic E-state index is -0.324. The van der Waals surface area contributed by atoms with Crippen LogP contribution in [0.25, 0.3) is 0 Å². The second-order valence-electron chi connectivity index (χ2n) is 3.63. The van der Waals surface area contributed by atoms with Crippen LogP contribution in [0.1, 0.15) is 27.7 Å². The highest BCUT2D eigenvalue weighted by Crippen LogP contribution is 2.10. The van der Waals surface area contributed by atoms with Crippen LogP contribution in [0.5, 0.6) is 0 Å². The Morgan fingerprint density at radius 3 is 2.15 bits per heavy atom. The molecule has 74 valence electrons. The van der Waals surface area contributed by atoms with Crippen molar-refractivity contribution in [2.75, 3.05) is 0 Å². The van der Waals surface area contributed by atoms with Gasteiger partial charge in [-0.1, -0.05) is 39.8 Å². The average Bonchev–Trinajstić information content (AvgIpc) is 1.95. The van der Waals surface area contributed by atoms with Gasteiger partial charge in [-0.05, 0) is 5.92 Å². The Bertz CT molecular complexity index is 227. The highest BCUT2D eigenvalue weighted by Gasteiger charge is 2.13. The summed E-state index contributed by atoms with van der Waals surface area (Å²) >= 11 is 0. The summed E-state index contributed by atoms with van der Waals surface area (Å²) in [5.74, 6) is 0.392. The van der Waals surface area contributed by atoms with Crippen LogP contribution in [0.3, 0.4) is 0 Å². The molecule has 0 aromatic heterocycles. The van der Waals surface area contributed by atoms with E-state index >= 15 is 0 Å². The van der Waals surface area contributed by atoms with Gasteiger partial charge in [-0.25, -0.2) is 0 Å². The van der Waals surface area contributed by atoms with Crippen molar-refractivity contribution in [3.63, 3.8) is 0 Å². The number of hydrogen-bond acceptors (Lipinski definition) is 2. The van der Waals surface area contributed by atoms with Gasteiger partial charge in [-0.3, -0.25) is 10.1 Å². The SMILES string of the molecule is CC(C)/C=C\C=C(/C(C)C)[N+](=O)[O-]. The zero-order valence-corrected chi connectivity index (χ0v) is 8.65. The van der Waals surface area contributed by atoms with Crippen molar-refractivity contribution in [3.05, 3.63) is 34.0 Å². The molecule has 0 amide bonds. The molecular formula is C10H17NO2. The Morgan fingerprint density at radius 2 is 1.85 bits per heavy atom. The molecule has 13 heavy (non-hydrogen) atoms. The molecule has 0 unspecified atom stereocenters. The third-order valence-electron chi connectivity index (χ3n) is 1.57. The molecule has 0 rings (SSSR count). The predicted octanol–water partition coefficient (Wildman–Crippen LogP) is 3.02. The lowest BCUT2D eigenvalue weighted by molar-refractivity contribution is -0.432. The second kappa shape index (κ2) is 5.51. The van der Waals surface area contributed by atoms with Crippen LogP contribution in [-0.2, 0) is 0 Å². The Balaban J connectivity index is 4.47. The molecule has 3 heteroatoms. The van der Waals surface area contributed by atoms with Crippen LogP contribution in [0, 0.1) is 22.0 Å². The molecule has 0 atom stereocenters. The van der Waals surface area contributed by atoms with E-state index in [1.54, 1.807) is 12.2 Å². The smallest absolute Gasteiger partial charge is 0.248 e. The van der Waals surface area contributed by atoms with Gasteiger partial charge in [0.25, 0.3) is 0 Å². The summed E-state index contributed by atoms with van der Waals surface area (Å²) in [5.41, 5.74) is 0.261. The summed E-state index contributed by atoms with van der Waals surface area (Å²) in [4.78, 5) is 10.2. The number of allylic oxidation sites excluding steroid dienone is 4. The zero-order chi connectivity index (χ0) is 10.4. The van der Waals surface area contributed by atoms with E-state index in [-0.39, 0.29) is 16.5 Å². The molecule has 0 heterocycles. The van der Waals surface area contributed by atoms with E-state index in [0.717, 1.165) is 0 Å². The van der Waals surface area contributed by atoms with E-state index in [1.807, 2.05) is 33.8 Å². The van der Waals surface area contributed by atoms with Gasteiger partial charge in [-0.15, -0.1) is 0 Å². The fourth-order valence-corrected chi connectivity index (χ4v) is 0.840. The Morgan fingerprint density at radius 1 is 1.31 bits per heavy atom. The minimum absolute atomic E-state index is 0.0354. The van der Waals surface area contributed by atoms with Crippen LogP contribution in [0.4, 0.5) is 0 Å². The molecule has 0 N–H and O–H groups in total. The molecule has 0 aromatic rings. The van der Waals surface area contributed by atoms with Crippen LogP contribution < -0.4 is 0 Å². The van der Waals surface area contributed by atoms with Gasteiger partial charge in [-0.2, -0.15) is 0 Å². The van der Waals surface area contributed by atoms with Crippen molar-refractivity contribution in [2.45, 2.75) is 27.7 Å². The average molecular weight is 183 g/mol. The lowest BCUT2D eigenvalue weighted by Gasteiger charge is -1.99. The topological polar surface area (TPSA) is 43.1 Å². The van der Waals surface area contributed by atoms with E-state index in [0.29, 0.717) is 5.92 Å². The molecule has 0 spiro atoms. The first kappa shape index (κ1) is 11.9. The number of rotatable bonds is 4. The maximum atomic E-state index is 10.5. The predicted molar refractivity (Wildman–Crippen MR) is 53.9 cm³/mol. The first-order valence-corrected chi connectivity index (χ1v) is 4.48. The Kier molecular flexibility index (Phi) is 5.04. The molecule has 0 radical (unpaired) electrons. The molecule has 0 saturated carbocycles. The van der Waals surface area contributed by atoms with E-state index < -0.39 is 0 Å². The summed E-state index contributed by atoms with van der Waals surface area (Å²) in [7, 11) is 0. The van der Waals surface area contributed by atoms with Gasteiger partial charge in [0.15, 0.2) is 0 Å². The molecule has 0 aliphatic heterocycles. The third-order valence-corrected chi connectivity index (χ3v) is 1.57. The van der Waals surface area contributed by atoms with Crippen LogP contribution in [0.15, 0.2) is 23.9 Å². The molecule has 0 bridgehead atoms. The quantitative estimate of drug-likeness (QED) is 0.382. The monoisotopic (exact) mass is 183 g/mol. The van der Waals surface area contributed by atoms with Crippen molar-refractivity contribution < 1.29 is 4.92 Å². The fraction of sp³-hybridized carbons (Fsp3) is 0.600. The standard InChI is InChI=1S/C10H17NO2/c1-8(2)6-5-7-10(9(3)4)11(12)13/h5-9H,1-4H3/b6-5-,10-7+. The van der Waals surface area contributed by atoms with E-state index in [2.05, 4.69) is 0 Å². The normalized spacial score (nSPS) is 13.2. The van der Waals surface area contributed by atoms with E-state index in [9.17, 15) is 10.1 Å². The highest BCUT2D eigenvalue weighted by molar-refractivity contribution is 5.08. The lowest BCUT2D eigenvalue weighted by atomic mass is 10.1. The van der Waals surface area contributed by atoms with Crippen molar-refractivity contribution in [2.24, 2.45) is 11.8 Å². The Labute approximate surface area is 79.3 Å².